The molecule has 0 atom stereocenters. The first-order valence-electron chi connectivity index (χ1n) is 7.11. The molecular formula is C16H10F4N2O3S. The van der Waals surface area contributed by atoms with Crippen LogP contribution in [0.25, 0.3) is 10.2 Å². The second-order valence-corrected chi connectivity index (χ2v) is 6.12. The number of halogens is 4. The van der Waals surface area contributed by atoms with Gasteiger partial charge in [-0.15, -0.1) is 11.3 Å². The Kier molecular flexibility index (Phi) is 4.68. The minimum absolute atomic E-state index is 0.0382. The summed E-state index contributed by atoms with van der Waals surface area (Å²) in [5, 5.41) is 3.52. The lowest BCUT2D eigenvalue weighted by Gasteiger charge is -2.11. The van der Waals surface area contributed by atoms with Gasteiger partial charge in [-0.25, -0.2) is 22.4 Å². The molecule has 136 valence electrons. The van der Waals surface area contributed by atoms with Crippen LogP contribution in [-0.4, -0.2) is 23.6 Å². The Morgan fingerprint density at radius 1 is 1.15 bits per heavy atom. The van der Waals surface area contributed by atoms with Crippen molar-refractivity contribution in [2.75, 3.05) is 12.4 Å². The summed E-state index contributed by atoms with van der Waals surface area (Å²) in [6.07, 6.45) is 0. The number of nitrogens with zero attached hydrogens (tertiary/aromatic N) is 1. The molecule has 0 saturated heterocycles. The number of anilines is 1. The first-order valence-corrected chi connectivity index (χ1v) is 7.99. The van der Waals surface area contributed by atoms with Gasteiger partial charge in [-0.1, -0.05) is 0 Å². The molecule has 10 heteroatoms. The Labute approximate surface area is 147 Å². The SMILES string of the molecule is COC(=O)c1cc2sccc2n1CC(=O)Nc1c(F)c(F)cc(F)c1F. The third-order valence-corrected chi connectivity index (χ3v) is 4.45. The van der Waals surface area contributed by atoms with Gasteiger partial charge in [0.05, 0.1) is 17.3 Å². The van der Waals surface area contributed by atoms with Gasteiger partial charge in [0.2, 0.25) is 5.91 Å². The highest BCUT2D eigenvalue weighted by molar-refractivity contribution is 7.17. The highest BCUT2D eigenvalue weighted by Gasteiger charge is 2.23. The van der Waals surface area contributed by atoms with Gasteiger partial charge in [0, 0.05) is 6.07 Å². The van der Waals surface area contributed by atoms with Crippen molar-refractivity contribution in [3.05, 3.63) is 52.5 Å². The molecule has 0 radical (unpaired) electrons. The zero-order valence-electron chi connectivity index (χ0n) is 13.1. The molecule has 1 amide bonds. The fourth-order valence-electron chi connectivity index (χ4n) is 2.43. The van der Waals surface area contributed by atoms with E-state index in [0.717, 1.165) is 7.11 Å². The smallest absolute Gasteiger partial charge is 0.354 e. The summed E-state index contributed by atoms with van der Waals surface area (Å²) >= 11 is 1.31. The lowest BCUT2D eigenvalue weighted by Crippen LogP contribution is -2.23. The predicted molar refractivity (Wildman–Crippen MR) is 86.1 cm³/mol. The minimum atomic E-state index is -1.72. The molecule has 0 bridgehead atoms. The van der Waals surface area contributed by atoms with Gasteiger partial charge in [0.25, 0.3) is 0 Å². The summed E-state index contributed by atoms with van der Waals surface area (Å²) in [5.41, 5.74) is -0.659. The van der Waals surface area contributed by atoms with Crippen LogP contribution in [0.4, 0.5) is 23.2 Å². The van der Waals surface area contributed by atoms with Crippen molar-refractivity contribution in [1.29, 1.82) is 0 Å². The molecule has 5 nitrogen and oxygen atoms in total. The molecule has 0 aliphatic rings. The lowest BCUT2D eigenvalue weighted by molar-refractivity contribution is -0.116. The topological polar surface area (TPSA) is 60.3 Å². The number of fused-ring (bicyclic) bond motifs is 1. The average molecular weight is 386 g/mol. The second-order valence-electron chi connectivity index (χ2n) is 5.17. The van der Waals surface area contributed by atoms with Crippen LogP contribution >= 0.6 is 11.3 Å². The number of rotatable bonds is 4. The quantitative estimate of drug-likeness (QED) is 0.423. The van der Waals surface area contributed by atoms with E-state index >= 15 is 0 Å². The standard InChI is InChI=1S/C16H10F4N2O3S/c1-25-16(24)10-5-11-9(2-3-26-11)22(10)6-12(23)21-15-13(19)7(17)4-8(18)14(15)20/h2-5H,6H2,1H3,(H,21,23). The molecular weight excluding hydrogens is 376 g/mol. The zero-order chi connectivity index (χ0) is 19.0. The van der Waals surface area contributed by atoms with Crippen LogP contribution < -0.4 is 5.32 Å². The van der Waals surface area contributed by atoms with Gasteiger partial charge in [-0.2, -0.15) is 0 Å². The number of benzene rings is 1. The monoisotopic (exact) mass is 386 g/mol. The molecule has 3 rings (SSSR count). The van der Waals surface area contributed by atoms with E-state index in [1.165, 1.54) is 22.0 Å². The van der Waals surface area contributed by atoms with Gasteiger partial charge in [0.15, 0.2) is 23.3 Å². The van der Waals surface area contributed by atoms with Gasteiger partial charge in [-0.05, 0) is 17.5 Å². The number of carbonyl (C=O) groups excluding carboxylic acids is 2. The molecule has 0 fully saturated rings. The molecule has 2 heterocycles. The zero-order valence-corrected chi connectivity index (χ0v) is 13.9. The van der Waals surface area contributed by atoms with Gasteiger partial charge in [-0.3, -0.25) is 4.79 Å². The number of nitrogens with one attached hydrogen (secondary N) is 1. The van der Waals surface area contributed by atoms with E-state index in [9.17, 15) is 27.2 Å². The lowest BCUT2D eigenvalue weighted by atomic mass is 10.2. The Bertz CT molecular complexity index is 1000. The molecule has 0 spiro atoms. The third-order valence-electron chi connectivity index (χ3n) is 3.60. The normalized spacial score (nSPS) is 11.0. The number of hydrogen-bond donors (Lipinski definition) is 1. The van der Waals surface area contributed by atoms with Crippen LogP contribution in [0.5, 0.6) is 0 Å². The molecule has 2 aromatic heterocycles. The number of carbonyl (C=O) groups is 2. The fourth-order valence-corrected chi connectivity index (χ4v) is 3.25. The number of ether oxygens (including phenoxy) is 1. The minimum Gasteiger partial charge on any atom is -0.464 e. The van der Waals surface area contributed by atoms with E-state index < -0.39 is 47.4 Å². The summed E-state index contributed by atoms with van der Waals surface area (Å²) in [4.78, 5) is 24.0. The van der Waals surface area contributed by atoms with Crippen molar-refractivity contribution in [1.82, 2.24) is 4.57 Å². The second kappa shape index (κ2) is 6.79. The van der Waals surface area contributed by atoms with Crippen molar-refractivity contribution in [3.63, 3.8) is 0 Å². The maximum Gasteiger partial charge on any atom is 0.354 e. The van der Waals surface area contributed by atoms with E-state index in [0.29, 0.717) is 10.2 Å². The summed E-state index contributed by atoms with van der Waals surface area (Å²) in [7, 11) is 1.16. The summed E-state index contributed by atoms with van der Waals surface area (Å²) in [6.45, 7) is -0.526. The predicted octanol–water partition coefficient (Wildman–Crippen LogP) is 3.68. The average Bonchev–Trinajstić information content (AvgIpc) is 3.19. The van der Waals surface area contributed by atoms with Crippen molar-refractivity contribution < 1.29 is 31.9 Å². The first kappa shape index (κ1) is 17.9. The number of thiophene rings is 1. The molecule has 3 aromatic rings. The maximum absolute atomic E-state index is 13.7. The van der Waals surface area contributed by atoms with Crippen LogP contribution in [0.1, 0.15) is 10.5 Å². The van der Waals surface area contributed by atoms with Gasteiger partial charge in [0.1, 0.15) is 17.9 Å². The van der Waals surface area contributed by atoms with Crippen LogP contribution in [-0.2, 0) is 16.1 Å². The van der Waals surface area contributed by atoms with Crippen molar-refractivity contribution >= 4 is 39.1 Å². The van der Waals surface area contributed by atoms with E-state index in [-0.39, 0.29) is 11.8 Å². The largest absolute Gasteiger partial charge is 0.464 e. The van der Waals surface area contributed by atoms with Crippen molar-refractivity contribution in [2.24, 2.45) is 0 Å². The van der Waals surface area contributed by atoms with Crippen molar-refractivity contribution in [3.8, 4) is 0 Å². The first-order chi connectivity index (χ1) is 12.3. The molecule has 0 saturated carbocycles. The Morgan fingerprint density at radius 3 is 2.42 bits per heavy atom. The maximum atomic E-state index is 13.7. The molecule has 0 unspecified atom stereocenters. The van der Waals surface area contributed by atoms with Crippen LogP contribution in [0.15, 0.2) is 23.6 Å². The van der Waals surface area contributed by atoms with E-state index in [4.69, 9.17) is 0 Å². The number of aromatic nitrogens is 1. The Balaban J connectivity index is 1.94. The summed E-state index contributed by atoms with van der Waals surface area (Å²) < 4.78 is 60.4. The third kappa shape index (κ3) is 3.03. The number of esters is 1. The highest BCUT2D eigenvalue weighted by Crippen LogP contribution is 2.27. The summed E-state index contributed by atoms with van der Waals surface area (Å²) in [6, 6.07) is 3.18. The fraction of sp³-hybridized carbons (Fsp3) is 0.125. The Morgan fingerprint density at radius 2 is 1.81 bits per heavy atom. The number of amides is 1. The summed E-state index contributed by atoms with van der Waals surface area (Å²) in [5.74, 6) is -8.43. The Hall–Kier alpha value is -2.88. The molecule has 1 N–H and O–H groups in total. The molecule has 26 heavy (non-hydrogen) atoms. The van der Waals surface area contributed by atoms with Crippen LogP contribution in [0.2, 0.25) is 0 Å². The number of hydrogen-bond acceptors (Lipinski definition) is 4. The van der Waals surface area contributed by atoms with Crippen LogP contribution in [0, 0.1) is 23.3 Å². The van der Waals surface area contributed by atoms with E-state index in [1.54, 1.807) is 16.8 Å². The van der Waals surface area contributed by atoms with Gasteiger partial charge < -0.3 is 14.6 Å². The van der Waals surface area contributed by atoms with E-state index in [2.05, 4.69) is 4.74 Å². The highest BCUT2D eigenvalue weighted by atomic mass is 32.1. The van der Waals surface area contributed by atoms with Gasteiger partial charge >= 0.3 is 5.97 Å². The van der Waals surface area contributed by atoms with Crippen LogP contribution in [0.3, 0.4) is 0 Å². The molecule has 0 aliphatic heterocycles. The number of methoxy groups -OCH3 is 1. The van der Waals surface area contributed by atoms with E-state index in [1.807, 2.05) is 0 Å². The molecule has 1 aromatic carbocycles. The molecule has 0 aliphatic carbocycles. The van der Waals surface area contributed by atoms with Crippen molar-refractivity contribution in [2.45, 2.75) is 6.54 Å².